The second kappa shape index (κ2) is 14.5. The van der Waals surface area contributed by atoms with Gasteiger partial charge in [-0.3, -0.25) is 9.98 Å². The summed E-state index contributed by atoms with van der Waals surface area (Å²) in [4.78, 5) is 19.4. The molecule has 0 aromatic heterocycles. The zero-order chi connectivity index (χ0) is 21.8. The first-order valence-corrected chi connectivity index (χ1v) is 10.2. The molecule has 0 heterocycles. The maximum absolute atomic E-state index is 12.3. The van der Waals surface area contributed by atoms with Crippen LogP contribution in [0.5, 0.6) is 0 Å². The van der Waals surface area contributed by atoms with Crippen molar-refractivity contribution in [1.29, 1.82) is 0 Å². The number of para-hydroxylation sites is 1. The Morgan fingerprint density at radius 3 is 2.42 bits per heavy atom. The second-order valence-corrected chi connectivity index (χ2v) is 7.22. The Kier molecular flexibility index (Phi) is 12.4. The minimum atomic E-state index is -1.13. The van der Waals surface area contributed by atoms with Gasteiger partial charge in [-0.25, -0.2) is 0 Å². The van der Waals surface area contributed by atoms with Crippen molar-refractivity contribution in [3.63, 3.8) is 0 Å². The number of carboxylic acids is 1. The summed E-state index contributed by atoms with van der Waals surface area (Å²) >= 11 is 0. The van der Waals surface area contributed by atoms with Crippen LogP contribution in [-0.2, 0) is 27.8 Å². The predicted octanol–water partition coefficient (Wildman–Crippen LogP) is 3.01. The normalized spacial score (nSPS) is 12.8. The number of hydrogen-bond acceptors (Lipinski definition) is 5. The number of aliphatic carboxylic acids is 1. The number of aliphatic imine (C=N–C) groups is 2. The SMILES string of the molecule is CC(=NCC(C)C(=O)[O-])c1ccccc1N=C([O-])CCCC[N-]Cc1ccccc1.[Ni+3]. The fourth-order valence-corrected chi connectivity index (χ4v) is 2.79. The zero-order valence-corrected chi connectivity index (χ0v) is 18.9. The molecule has 0 saturated heterocycles. The molecule has 31 heavy (non-hydrogen) atoms. The second-order valence-electron chi connectivity index (χ2n) is 7.22. The number of benzene rings is 2. The van der Waals surface area contributed by atoms with E-state index >= 15 is 0 Å². The molecule has 2 aromatic carbocycles. The third-order valence-electron chi connectivity index (χ3n) is 4.64. The third-order valence-corrected chi connectivity index (χ3v) is 4.64. The fourth-order valence-electron chi connectivity index (χ4n) is 2.79. The van der Waals surface area contributed by atoms with Crippen molar-refractivity contribution in [2.45, 2.75) is 39.7 Å². The Hall–Kier alpha value is -2.50. The number of carbonyl (C=O) groups is 1. The molecule has 2 aromatic rings. The summed E-state index contributed by atoms with van der Waals surface area (Å²) in [5.74, 6) is -1.98. The van der Waals surface area contributed by atoms with E-state index in [4.69, 9.17) is 0 Å². The third kappa shape index (κ3) is 9.90. The monoisotopic (exact) mass is 464 g/mol. The van der Waals surface area contributed by atoms with Crippen LogP contribution in [0.25, 0.3) is 5.32 Å². The van der Waals surface area contributed by atoms with Gasteiger partial charge in [-0.1, -0.05) is 73.9 Å². The zero-order valence-electron chi connectivity index (χ0n) is 17.9. The van der Waals surface area contributed by atoms with Crippen molar-refractivity contribution in [3.05, 3.63) is 71.0 Å². The van der Waals surface area contributed by atoms with Gasteiger partial charge in [0.25, 0.3) is 0 Å². The maximum Gasteiger partial charge on any atom is 3.00 e. The quantitative estimate of drug-likeness (QED) is 0.208. The molecule has 0 amide bonds. The van der Waals surface area contributed by atoms with E-state index in [-0.39, 0.29) is 28.9 Å². The van der Waals surface area contributed by atoms with Crippen LogP contribution in [0.1, 0.15) is 44.2 Å². The van der Waals surface area contributed by atoms with Crippen molar-refractivity contribution in [2.24, 2.45) is 15.9 Å². The number of rotatable bonds is 12. The number of unbranched alkanes of at least 4 members (excludes halogenated alkanes) is 1. The van der Waals surface area contributed by atoms with Crippen LogP contribution in [0.3, 0.4) is 0 Å². The number of carboxylic acid groups (broad SMARTS) is 1. The molecule has 1 atom stereocenters. The molecular formula is C24H28N3NiO3. The van der Waals surface area contributed by atoms with E-state index in [9.17, 15) is 15.0 Å². The molecule has 0 spiro atoms. The van der Waals surface area contributed by atoms with Crippen LogP contribution >= 0.6 is 0 Å². The summed E-state index contributed by atoms with van der Waals surface area (Å²) in [6.07, 6.45) is 1.95. The molecule has 0 fully saturated rings. The molecule has 1 unspecified atom stereocenters. The van der Waals surface area contributed by atoms with Gasteiger partial charge < -0.3 is 20.3 Å². The molecule has 0 aliphatic heterocycles. The van der Waals surface area contributed by atoms with Crippen molar-refractivity contribution in [2.75, 3.05) is 13.1 Å². The van der Waals surface area contributed by atoms with E-state index in [0.717, 1.165) is 24.9 Å². The Morgan fingerprint density at radius 1 is 1.03 bits per heavy atom. The van der Waals surface area contributed by atoms with E-state index in [0.29, 0.717) is 24.4 Å². The van der Waals surface area contributed by atoms with Gasteiger partial charge in [-0.15, -0.1) is 13.1 Å². The molecule has 0 aliphatic carbocycles. The maximum atomic E-state index is 12.3. The summed E-state index contributed by atoms with van der Waals surface area (Å²) in [5, 5.41) is 27.6. The molecule has 0 aliphatic rings. The average Bonchev–Trinajstić information content (AvgIpc) is 2.75. The predicted molar refractivity (Wildman–Crippen MR) is 117 cm³/mol. The molecule has 6 nitrogen and oxygen atoms in total. The van der Waals surface area contributed by atoms with E-state index in [2.05, 4.69) is 15.3 Å². The van der Waals surface area contributed by atoms with Crippen LogP contribution in [-0.4, -0.2) is 30.7 Å². The summed E-state index contributed by atoms with van der Waals surface area (Å²) in [6, 6.07) is 17.3. The molecule has 7 heteroatoms. The van der Waals surface area contributed by atoms with E-state index < -0.39 is 11.9 Å². The minimum absolute atomic E-state index is 0. The van der Waals surface area contributed by atoms with Crippen molar-refractivity contribution < 1.29 is 31.5 Å². The number of carbonyl (C=O) groups excluding carboxylic acids is 1. The van der Waals surface area contributed by atoms with Crippen LogP contribution < -0.4 is 10.2 Å². The minimum Gasteiger partial charge on any atom is -0.862 e. The molecule has 1 radical (unpaired) electrons. The Balaban J connectivity index is 0.00000480. The van der Waals surface area contributed by atoms with E-state index in [1.165, 1.54) is 5.56 Å². The van der Waals surface area contributed by atoms with Crippen molar-refractivity contribution >= 4 is 23.3 Å². The molecule has 0 N–H and O–H groups in total. The van der Waals surface area contributed by atoms with Gasteiger partial charge in [0.05, 0.1) is 5.69 Å². The van der Waals surface area contributed by atoms with E-state index in [1.807, 2.05) is 48.5 Å². The van der Waals surface area contributed by atoms with Crippen LogP contribution in [0.2, 0.25) is 0 Å². The van der Waals surface area contributed by atoms with Crippen LogP contribution in [0.15, 0.2) is 64.6 Å². The Morgan fingerprint density at radius 2 is 1.71 bits per heavy atom. The first-order chi connectivity index (χ1) is 14.5. The average molecular weight is 465 g/mol. The summed E-state index contributed by atoms with van der Waals surface area (Å²) in [5.41, 5.74) is 3.12. The number of nitrogens with zero attached hydrogens (tertiary/aromatic N) is 3. The van der Waals surface area contributed by atoms with Crippen molar-refractivity contribution in [1.82, 2.24) is 0 Å². The largest absolute Gasteiger partial charge is 3.00 e. The summed E-state index contributed by atoms with van der Waals surface area (Å²) in [6.45, 7) is 4.89. The topological polar surface area (TPSA) is 102 Å². The van der Waals surface area contributed by atoms with Crippen molar-refractivity contribution in [3.8, 4) is 0 Å². The molecule has 2 rings (SSSR count). The number of hydrogen-bond donors (Lipinski definition) is 0. The Bertz CT molecular complexity index is 869. The van der Waals surface area contributed by atoms with Gasteiger partial charge >= 0.3 is 16.5 Å². The Labute approximate surface area is 194 Å². The molecule has 0 saturated carbocycles. The van der Waals surface area contributed by atoms with Gasteiger partial charge in [0.15, 0.2) is 0 Å². The van der Waals surface area contributed by atoms with Gasteiger partial charge in [-0.05, 0) is 25.3 Å². The van der Waals surface area contributed by atoms with Crippen LogP contribution in [0.4, 0.5) is 5.69 Å². The summed E-state index contributed by atoms with van der Waals surface area (Å²) < 4.78 is 0. The standard InChI is InChI=1S/C24H30N3O3.Ni/c1-18(24(29)30)16-26-19(2)21-12-6-7-13-22(21)27-23(28)14-8-9-15-25-17-20-10-4-3-5-11-20;/h3-7,10-13,18H,8-9,14-17H2,1-2H3,(H,27,28)(H,29,30);/q-1;+3/p-2. The van der Waals surface area contributed by atoms with Crippen LogP contribution in [0, 0.1) is 5.92 Å². The van der Waals surface area contributed by atoms with Gasteiger partial charge in [0.1, 0.15) is 0 Å². The summed E-state index contributed by atoms with van der Waals surface area (Å²) in [7, 11) is 0. The van der Waals surface area contributed by atoms with Gasteiger partial charge in [0.2, 0.25) is 0 Å². The molecular weight excluding hydrogens is 437 g/mol. The molecule has 0 bridgehead atoms. The molecule has 167 valence electrons. The first-order valence-electron chi connectivity index (χ1n) is 10.2. The van der Waals surface area contributed by atoms with E-state index in [1.54, 1.807) is 19.9 Å². The van der Waals surface area contributed by atoms with Gasteiger partial charge in [-0.2, -0.15) is 0 Å². The first kappa shape index (κ1) is 26.5. The smallest absolute Gasteiger partial charge is 0.862 e. The van der Waals surface area contributed by atoms with Gasteiger partial charge in [0, 0.05) is 29.7 Å². The fraction of sp³-hybridized carbons (Fsp3) is 0.375.